The quantitative estimate of drug-likeness (QED) is 0.176. The Hall–Kier alpha value is -4.02. The fourth-order valence-electron chi connectivity index (χ4n) is 5.76. The van der Waals surface area contributed by atoms with Gasteiger partial charge in [0.05, 0.1) is 10.6 Å². The molecule has 1 aliphatic carbocycles. The van der Waals surface area contributed by atoms with Gasteiger partial charge in [-0.15, -0.1) is 0 Å². The van der Waals surface area contributed by atoms with Gasteiger partial charge in [-0.2, -0.15) is 0 Å². The van der Waals surface area contributed by atoms with Crippen LogP contribution in [0.25, 0.3) is 0 Å². The summed E-state index contributed by atoms with van der Waals surface area (Å²) in [7, 11) is -4.39. The zero-order valence-corrected chi connectivity index (χ0v) is 28.0. The maximum absolute atomic E-state index is 15.3. The van der Waals surface area contributed by atoms with Gasteiger partial charge >= 0.3 is 0 Å². The van der Waals surface area contributed by atoms with E-state index in [2.05, 4.69) is 21.2 Å². The molecule has 0 bridgehead atoms. The number of hydrogen-bond donors (Lipinski definition) is 1. The number of nitrogens with one attached hydrogen (secondary N) is 1. The Bertz CT molecular complexity index is 1760. The van der Waals surface area contributed by atoms with E-state index in [0.717, 1.165) is 57.2 Å². The van der Waals surface area contributed by atoms with Crippen molar-refractivity contribution >= 4 is 43.5 Å². The van der Waals surface area contributed by atoms with E-state index in [1.807, 2.05) is 61.5 Å². The van der Waals surface area contributed by atoms with Crippen molar-refractivity contribution < 1.29 is 22.4 Å². The van der Waals surface area contributed by atoms with E-state index in [4.69, 9.17) is 0 Å². The Morgan fingerprint density at radius 2 is 1.54 bits per heavy atom. The molecule has 1 N–H and O–H groups in total. The second kappa shape index (κ2) is 15.0. The highest BCUT2D eigenvalue weighted by Crippen LogP contribution is 2.28. The summed E-state index contributed by atoms with van der Waals surface area (Å²) in [5.74, 6) is -1.73. The molecule has 2 amide bonds. The molecule has 0 aromatic heterocycles. The van der Waals surface area contributed by atoms with Crippen LogP contribution in [0.15, 0.2) is 112 Å². The Balaban J connectivity index is 1.57. The van der Waals surface area contributed by atoms with Crippen LogP contribution in [-0.4, -0.2) is 43.8 Å². The van der Waals surface area contributed by atoms with Crippen LogP contribution in [0, 0.1) is 12.7 Å². The monoisotopic (exact) mass is 705 g/mol. The first-order valence-corrected chi connectivity index (χ1v) is 17.6. The minimum atomic E-state index is -4.39. The largest absolute Gasteiger partial charge is 0.352 e. The number of anilines is 1. The Labute approximate surface area is 278 Å². The molecule has 1 unspecified atom stereocenters. The van der Waals surface area contributed by atoms with Crippen LogP contribution in [0.5, 0.6) is 0 Å². The molecule has 10 heteroatoms. The molecule has 46 heavy (non-hydrogen) atoms. The first-order chi connectivity index (χ1) is 22.1. The van der Waals surface area contributed by atoms with Crippen molar-refractivity contribution in [2.24, 2.45) is 0 Å². The molecule has 4 aromatic rings. The lowest BCUT2D eigenvalue weighted by Crippen LogP contribution is -2.54. The van der Waals surface area contributed by atoms with Crippen molar-refractivity contribution in [3.05, 3.63) is 130 Å². The number of halogens is 2. The Morgan fingerprint density at radius 1 is 0.891 bits per heavy atom. The first kappa shape index (κ1) is 33.3. The normalized spacial score (nSPS) is 14.1. The minimum absolute atomic E-state index is 0.00502. The van der Waals surface area contributed by atoms with Crippen LogP contribution < -0.4 is 9.62 Å². The molecule has 7 nitrogen and oxygen atoms in total. The van der Waals surface area contributed by atoms with E-state index < -0.39 is 34.3 Å². The van der Waals surface area contributed by atoms with Crippen molar-refractivity contribution in [3.63, 3.8) is 0 Å². The molecule has 1 fully saturated rings. The van der Waals surface area contributed by atoms with E-state index >= 15 is 4.39 Å². The minimum Gasteiger partial charge on any atom is -0.352 e. The number of amides is 2. The number of aryl methyl sites for hydroxylation is 1. The van der Waals surface area contributed by atoms with E-state index in [9.17, 15) is 18.0 Å². The van der Waals surface area contributed by atoms with Crippen molar-refractivity contribution in [1.82, 2.24) is 10.2 Å². The highest BCUT2D eigenvalue weighted by Gasteiger charge is 2.36. The molecule has 0 radical (unpaired) electrons. The number of para-hydroxylation sites is 1. The molecule has 4 aromatic carbocycles. The number of benzene rings is 4. The lowest BCUT2D eigenvalue weighted by Gasteiger charge is -2.34. The Kier molecular flexibility index (Phi) is 10.9. The van der Waals surface area contributed by atoms with Crippen LogP contribution in [0.1, 0.15) is 42.4 Å². The fourth-order valence-corrected chi connectivity index (χ4v) is 7.63. The van der Waals surface area contributed by atoms with Crippen LogP contribution in [-0.2, 0) is 32.6 Å². The smallest absolute Gasteiger partial charge is 0.264 e. The molecule has 0 saturated heterocycles. The van der Waals surface area contributed by atoms with E-state index in [-0.39, 0.29) is 35.5 Å². The number of rotatable bonds is 12. The zero-order chi connectivity index (χ0) is 32.7. The summed E-state index contributed by atoms with van der Waals surface area (Å²) in [6.07, 6.45) is 3.97. The third kappa shape index (κ3) is 8.22. The van der Waals surface area contributed by atoms with Crippen LogP contribution in [0.2, 0.25) is 0 Å². The van der Waals surface area contributed by atoms with Crippen molar-refractivity contribution in [2.75, 3.05) is 10.8 Å². The average molecular weight is 707 g/mol. The molecular formula is C36H37BrFN3O4S. The number of sulfonamides is 1. The standard InChI is InChI=1S/C36H37BrFN3O4S/c1-26-18-20-31(21-19-26)46(44,45)41(33-17-8-7-16-32(33)38)25-35(42)40(24-28-12-9-13-29(37)22-28)34(23-27-10-3-2-4-11-27)36(43)39-30-14-5-6-15-30/h2-4,7-13,16-22,30,34H,5-6,14-15,23-25H2,1H3,(H,39,43). The van der Waals surface area contributed by atoms with Gasteiger partial charge < -0.3 is 10.2 Å². The maximum atomic E-state index is 15.3. The molecule has 0 spiro atoms. The number of hydrogen-bond acceptors (Lipinski definition) is 4. The molecule has 1 saturated carbocycles. The van der Waals surface area contributed by atoms with Crippen molar-refractivity contribution in [3.8, 4) is 0 Å². The molecule has 0 aliphatic heterocycles. The second-order valence-corrected chi connectivity index (χ2v) is 14.4. The molecule has 0 heterocycles. The number of carbonyl (C=O) groups is 2. The summed E-state index contributed by atoms with van der Waals surface area (Å²) in [5.41, 5.74) is 2.19. The summed E-state index contributed by atoms with van der Waals surface area (Å²) < 4.78 is 45.1. The van der Waals surface area contributed by atoms with Crippen LogP contribution in [0.3, 0.4) is 0 Å². The first-order valence-electron chi connectivity index (χ1n) is 15.3. The van der Waals surface area contributed by atoms with E-state index in [1.54, 1.807) is 12.1 Å². The summed E-state index contributed by atoms with van der Waals surface area (Å²) in [6.45, 7) is 1.15. The maximum Gasteiger partial charge on any atom is 0.264 e. The van der Waals surface area contributed by atoms with Gasteiger partial charge in [-0.05, 0) is 67.3 Å². The SMILES string of the molecule is Cc1ccc(S(=O)(=O)N(CC(=O)N(Cc2cccc(Br)c2)C(Cc2ccccc2)C(=O)NC2CCCC2)c2ccccc2F)cc1. The van der Waals surface area contributed by atoms with E-state index in [0.29, 0.717) is 0 Å². The molecule has 240 valence electrons. The molecular weight excluding hydrogens is 669 g/mol. The van der Waals surface area contributed by atoms with Gasteiger partial charge in [0.2, 0.25) is 11.8 Å². The average Bonchev–Trinajstić information content (AvgIpc) is 3.55. The van der Waals surface area contributed by atoms with Crippen LogP contribution in [0.4, 0.5) is 10.1 Å². The van der Waals surface area contributed by atoms with Gasteiger partial charge in [0, 0.05) is 23.5 Å². The van der Waals surface area contributed by atoms with Gasteiger partial charge in [0.25, 0.3) is 10.0 Å². The highest BCUT2D eigenvalue weighted by molar-refractivity contribution is 9.10. The topological polar surface area (TPSA) is 86.8 Å². The fraction of sp³-hybridized carbons (Fsp3) is 0.278. The second-order valence-electron chi connectivity index (χ2n) is 11.6. The number of nitrogens with zero attached hydrogens (tertiary/aromatic N) is 2. The van der Waals surface area contributed by atoms with Crippen LogP contribution >= 0.6 is 15.9 Å². The van der Waals surface area contributed by atoms with Crippen molar-refractivity contribution in [2.45, 2.75) is 62.6 Å². The third-order valence-electron chi connectivity index (χ3n) is 8.22. The van der Waals surface area contributed by atoms with Gasteiger partial charge in [0.1, 0.15) is 18.4 Å². The molecule has 1 atom stereocenters. The van der Waals surface area contributed by atoms with E-state index in [1.165, 1.54) is 35.2 Å². The van der Waals surface area contributed by atoms with Gasteiger partial charge in [-0.1, -0.05) is 101 Å². The summed E-state index contributed by atoms with van der Waals surface area (Å²) >= 11 is 3.49. The third-order valence-corrected chi connectivity index (χ3v) is 10.5. The van der Waals surface area contributed by atoms with Gasteiger partial charge in [-0.25, -0.2) is 12.8 Å². The summed E-state index contributed by atoms with van der Waals surface area (Å²) in [6, 6.07) is 27.5. The molecule has 1 aliphatic rings. The lowest BCUT2D eigenvalue weighted by atomic mass is 10.0. The highest BCUT2D eigenvalue weighted by atomic mass is 79.9. The Morgan fingerprint density at radius 3 is 2.22 bits per heavy atom. The van der Waals surface area contributed by atoms with Gasteiger partial charge in [-0.3, -0.25) is 13.9 Å². The number of carbonyl (C=O) groups excluding carboxylic acids is 2. The lowest BCUT2D eigenvalue weighted by molar-refractivity contribution is -0.140. The van der Waals surface area contributed by atoms with Crippen molar-refractivity contribution in [1.29, 1.82) is 0 Å². The predicted octanol–water partition coefficient (Wildman–Crippen LogP) is 6.79. The summed E-state index contributed by atoms with van der Waals surface area (Å²) in [4.78, 5) is 30.0. The zero-order valence-electron chi connectivity index (χ0n) is 25.6. The predicted molar refractivity (Wildman–Crippen MR) is 181 cm³/mol. The summed E-state index contributed by atoms with van der Waals surface area (Å²) in [5, 5.41) is 3.15. The van der Waals surface area contributed by atoms with Gasteiger partial charge in [0.15, 0.2) is 0 Å². The molecule has 5 rings (SSSR count).